The van der Waals surface area contributed by atoms with Gasteiger partial charge in [-0.1, -0.05) is 23.2 Å². The molecular formula is C18H17Cl2F2N3O3S. The van der Waals surface area contributed by atoms with Crippen LogP contribution in [0.15, 0.2) is 35.2 Å². The zero-order valence-corrected chi connectivity index (χ0v) is 17.3. The summed E-state index contributed by atoms with van der Waals surface area (Å²) in [6.07, 6.45) is 0.538. The Kier molecular flexibility index (Phi) is 6.33. The molecule has 156 valence electrons. The van der Waals surface area contributed by atoms with E-state index < -0.39 is 27.6 Å². The Hall–Kier alpha value is -1.94. The Labute approximate surface area is 176 Å². The van der Waals surface area contributed by atoms with Crippen LogP contribution in [0, 0.1) is 17.6 Å². The first kappa shape index (κ1) is 21.8. The lowest BCUT2D eigenvalue weighted by Crippen LogP contribution is -2.41. The molecule has 0 aromatic heterocycles. The van der Waals surface area contributed by atoms with E-state index in [1.54, 1.807) is 0 Å². The number of hydrogen-bond acceptors (Lipinski definition) is 4. The Morgan fingerprint density at radius 2 is 1.66 bits per heavy atom. The van der Waals surface area contributed by atoms with Crippen molar-refractivity contribution in [2.45, 2.75) is 17.7 Å². The number of halogens is 4. The molecule has 1 heterocycles. The fourth-order valence-electron chi connectivity index (χ4n) is 3.05. The first-order valence-corrected chi connectivity index (χ1v) is 10.8. The maximum absolute atomic E-state index is 13.4. The van der Waals surface area contributed by atoms with Crippen LogP contribution in [0.25, 0.3) is 0 Å². The minimum Gasteiger partial charge on any atom is -0.396 e. The van der Waals surface area contributed by atoms with Crippen LogP contribution in [0.5, 0.6) is 0 Å². The summed E-state index contributed by atoms with van der Waals surface area (Å²) in [6, 6.07) is 5.39. The first-order valence-electron chi connectivity index (χ1n) is 8.60. The van der Waals surface area contributed by atoms with Gasteiger partial charge in [0.25, 0.3) is 0 Å². The van der Waals surface area contributed by atoms with Crippen molar-refractivity contribution in [3.63, 3.8) is 0 Å². The van der Waals surface area contributed by atoms with E-state index in [9.17, 15) is 22.0 Å². The van der Waals surface area contributed by atoms with Gasteiger partial charge >= 0.3 is 0 Å². The van der Waals surface area contributed by atoms with Gasteiger partial charge in [0.05, 0.1) is 20.6 Å². The van der Waals surface area contributed by atoms with E-state index in [4.69, 9.17) is 28.9 Å². The molecule has 1 aliphatic rings. The van der Waals surface area contributed by atoms with Crippen LogP contribution in [-0.2, 0) is 14.8 Å². The molecule has 6 nitrogen and oxygen atoms in total. The molecule has 1 fully saturated rings. The lowest BCUT2D eigenvalue weighted by Gasteiger charge is -2.30. The number of anilines is 2. The van der Waals surface area contributed by atoms with E-state index in [2.05, 4.69) is 5.32 Å². The normalized spacial score (nSPS) is 16.0. The van der Waals surface area contributed by atoms with Crippen LogP contribution >= 0.6 is 23.2 Å². The number of hydrogen-bond donors (Lipinski definition) is 2. The van der Waals surface area contributed by atoms with Gasteiger partial charge in [0, 0.05) is 24.7 Å². The number of rotatable bonds is 4. The number of benzene rings is 2. The number of piperidine rings is 1. The summed E-state index contributed by atoms with van der Waals surface area (Å²) in [7, 11) is -3.98. The average molecular weight is 464 g/mol. The average Bonchev–Trinajstić information content (AvgIpc) is 2.68. The van der Waals surface area contributed by atoms with Crippen LogP contribution in [-0.4, -0.2) is 31.7 Å². The fraction of sp³-hybridized carbons (Fsp3) is 0.278. The number of nitrogens with zero attached hydrogens (tertiary/aromatic N) is 1. The minimum absolute atomic E-state index is 0.0721. The van der Waals surface area contributed by atoms with Gasteiger partial charge in [0.1, 0.15) is 0 Å². The van der Waals surface area contributed by atoms with Crippen LogP contribution < -0.4 is 11.1 Å². The summed E-state index contributed by atoms with van der Waals surface area (Å²) < 4.78 is 52.9. The first-order chi connectivity index (χ1) is 13.6. The summed E-state index contributed by atoms with van der Waals surface area (Å²) in [4.78, 5) is 12.2. The Bertz CT molecular complexity index is 1040. The summed E-state index contributed by atoms with van der Waals surface area (Å²) in [6.45, 7) is 0.144. The molecule has 3 N–H and O–H groups in total. The summed E-state index contributed by atoms with van der Waals surface area (Å²) in [5.74, 6) is -3.09. The number of carbonyl (C=O) groups excluding carboxylic acids is 1. The van der Waals surface area contributed by atoms with Gasteiger partial charge in [0.15, 0.2) is 11.6 Å². The fourth-order valence-corrected chi connectivity index (χ4v) is 5.01. The maximum Gasteiger partial charge on any atom is 0.243 e. The van der Waals surface area contributed by atoms with Crippen LogP contribution in [0.3, 0.4) is 0 Å². The molecule has 2 aromatic rings. The molecule has 3 rings (SSSR count). The minimum atomic E-state index is -3.98. The van der Waals surface area contributed by atoms with Gasteiger partial charge in [-0.05, 0) is 43.2 Å². The van der Waals surface area contributed by atoms with Crippen molar-refractivity contribution < 1.29 is 22.0 Å². The zero-order valence-electron chi connectivity index (χ0n) is 15.0. The molecule has 29 heavy (non-hydrogen) atoms. The number of nitrogens with one attached hydrogen (secondary N) is 1. The number of amides is 1. The van der Waals surface area contributed by atoms with Crippen molar-refractivity contribution in [2.24, 2.45) is 5.92 Å². The number of carbonyl (C=O) groups is 1. The van der Waals surface area contributed by atoms with Gasteiger partial charge in [-0.3, -0.25) is 4.79 Å². The maximum atomic E-state index is 13.4. The van der Waals surface area contributed by atoms with Gasteiger partial charge in [-0.2, -0.15) is 4.31 Å². The molecule has 0 aliphatic carbocycles. The molecule has 1 aliphatic heterocycles. The summed E-state index contributed by atoms with van der Waals surface area (Å²) >= 11 is 11.9. The summed E-state index contributed by atoms with van der Waals surface area (Å²) in [5, 5.41) is 3.11. The largest absolute Gasteiger partial charge is 0.396 e. The van der Waals surface area contributed by atoms with Gasteiger partial charge < -0.3 is 11.1 Å². The third kappa shape index (κ3) is 4.63. The van der Waals surface area contributed by atoms with Gasteiger partial charge in [-0.15, -0.1) is 0 Å². The standard InChI is InChI=1S/C18H17Cl2F2N3O3S/c19-13-7-11(8-14(20)17(13)23)24-18(26)10-3-5-25(6-4-10)29(27,28)12-1-2-15(21)16(22)9-12/h1-2,7-10H,3-6,23H2,(H,24,26). The third-order valence-electron chi connectivity index (χ3n) is 4.70. The Morgan fingerprint density at radius 3 is 2.21 bits per heavy atom. The predicted octanol–water partition coefficient (Wildman–Crippen LogP) is 3.89. The molecule has 11 heteroatoms. The van der Waals surface area contributed by atoms with Gasteiger partial charge in [0.2, 0.25) is 15.9 Å². The number of sulfonamides is 1. The highest BCUT2D eigenvalue weighted by molar-refractivity contribution is 7.89. The highest BCUT2D eigenvalue weighted by atomic mass is 35.5. The molecule has 2 aromatic carbocycles. The second kappa shape index (κ2) is 8.43. The molecule has 0 radical (unpaired) electrons. The zero-order chi connectivity index (χ0) is 21.3. The smallest absolute Gasteiger partial charge is 0.243 e. The molecule has 0 unspecified atom stereocenters. The van der Waals surface area contributed by atoms with Crippen molar-refractivity contribution in [3.05, 3.63) is 52.0 Å². The third-order valence-corrected chi connectivity index (χ3v) is 7.22. The highest BCUT2D eigenvalue weighted by Gasteiger charge is 2.32. The van der Waals surface area contributed by atoms with Crippen molar-refractivity contribution in [1.29, 1.82) is 0 Å². The van der Waals surface area contributed by atoms with E-state index in [-0.39, 0.29) is 52.5 Å². The van der Waals surface area contributed by atoms with Crippen LogP contribution in [0.2, 0.25) is 10.0 Å². The molecule has 1 saturated heterocycles. The Balaban J connectivity index is 1.65. The van der Waals surface area contributed by atoms with Crippen LogP contribution in [0.4, 0.5) is 20.2 Å². The number of nitrogens with two attached hydrogens (primary N) is 1. The number of nitrogen functional groups attached to an aromatic ring is 1. The lowest BCUT2D eigenvalue weighted by atomic mass is 9.97. The summed E-state index contributed by atoms with van der Waals surface area (Å²) in [5.41, 5.74) is 6.26. The van der Waals surface area contributed by atoms with E-state index in [1.165, 1.54) is 12.1 Å². The van der Waals surface area contributed by atoms with Crippen molar-refractivity contribution >= 4 is 50.5 Å². The van der Waals surface area contributed by atoms with E-state index >= 15 is 0 Å². The lowest BCUT2D eigenvalue weighted by molar-refractivity contribution is -0.120. The predicted molar refractivity (Wildman–Crippen MR) is 107 cm³/mol. The topological polar surface area (TPSA) is 92.5 Å². The van der Waals surface area contributed by atoms with Crippen molar-refractivity contribution in [2.75, 3.05) is 24.1 Å². The quantitative estimate of drug-likeness (QED) is 0.672. The van der Waals surface area contributed by atoms with Gasteiger partial charge in [-0.25, -0.2) is 17.2 Å². The SMILES string of the molecule is Nc1c(Cl)cc(NC(=O)C2CCN(S(=O)(=O)c3ccc(F)c(F)c3)CC2)cc1Cl. The molecule has 0 bridgehead atoms. The molecule has 0 saturated carbocycles. The van der Waals surface area contributed by atoms with Crippen LogP contribution in [0.1, 0.15) is 12.8 Å². The van der Waals surface area contributed by atoms with E-state index in [0.717, 1.165) is 16.4 Å². The second-order valence-electron chi connectivity index (χ2n) is 6.60. The van der Waals surface area contributed by atoms with Crippen molar-refractivity contribution in [1.82, 2.24) is 4.31 Å². The molecule has 0 atom stereocenters. The van der Waals surface area contributed by atoms with Crippen molar-refractivity contribution in [3.8, 4) is 0 Å². The Morgan fingerprint density at radius 1 is 1.07 bits per heavy atom. The molecule has 0 spiro atoms. The van der Waals surface area contributed by atoms with E-state index in [1.807, 2.05) is 0 Å². The van der Waals surface area contributed by atoms with E-state index in [0.29, 0.717) is 11.8 Å². The monoisotopic (exact) mass is 463 g/mol. The highest BCUT2D eigenvalue weighted by Crippen LogP contribution is 2.32. The molecular weight excluding hydrogens is 447 g/mol. The second-order valence-corrected chi connectivity index (χ2v) is 9.35. The molecule has 1 amide bonds.